The number of halogens is 1. The van der Waals surface area contributed by atoms with Crippen LogP contribution < -0.4 is 0 Å². The molecular weight excluding hydrogens is 258 g/mol. The summed E-state index contributed by atoms with van der Waals surface area (Å²) in [5, 5.41) is 17.6. The number of aliphatic hydroxyl groups is 1. The van der Waals surface area contributed by atoms with Gasteiger partial charge in [0.25, 0.3) is 0 Å². The van der Waals surface area contributed by atoms with E-state index in [1.54, 1.807) is 10.9 Å². The minimum atomic E-state index is -0.618. The number of aromatic nitrogens is 3. The topological polar surface area (TPSA) is 50.9 Å². The van der Waals surface area contributed by atoms with Gasteiger partial charge in [-0.05, 0) is 6.42 Å². The Balaban J connectivity index is 2.21. The molecule has 4 nitrogen and oxygen atoms in total. The molecule has 0 spiro atoms. The second-order valence-electron chi connectivity index (χ2n) is 3.77. The highest BCUT2D eigenvalue weighted by molar-refractivity contribution is 7.09. The number of aliphatic hydroxyl groups excluding tert-OH is 1. The molecule has 0 radical (unpaired) electrons. The zero-order chi connectivity index (χ0) is 12.4. The van der Waals surface area contributed by atoms with Gasteiger partial charge >= 0.3 is 0 Å². The van der Waals surface area contributed by atoms with Crippen molar-refractivity contribution >= 4 is 22.9 Å². The molecule has 0 amide bonds. The van der Waals surface area contributed by atoms with E-state index in [-0.39, 0.29) is 0 Å². The molecule has 1 unspecified atom stereocenters. The highest BCUT2D eigenvalue weighted by atomic mass is 35.5. The highest BCUT2D eigenvalue weighted by Gasteiger charge is 2.18. The number of hydrogen-bond acceptors (Lipinski definition) is 4. The van der Waals surface area contributed by atoms with E-state index in [2.05, 4.69) is 10.1 Å². The van der Waals surface area contributed by atoms with Crippen molar-refractivity contribution in [3.05, 3.63) is 33.0 Å². The van der Waals surface area contributed by atoms with Gasteiger partial charge in [-0.2, -0.15) is 5.10 Å². The van der Waals surface area contributed by atoms with E-state index in [1.807, 2.05) is 19.4 Å². The highest BCUT2D eigenvalue weighted by Crippen LogP contribution is 2.26. The summed E-state index contributed by atoms with van der Waals surface area (Å²) in [4.78, 5) is 4.09. The summed E-state index contributed by atoms with van der Waals surface area (Å²) in [6, 6.07) is 0. The van der Waals surface area contributed by atoms with Crippen LogP contribution in [0.15, 0.2) is 11.6 Å². The monoisotopic (exact) mass is 271 g/mol. The van der Waals surface area contributed by atoms with E-state index in [4.69, 9.17) is 11.6 Å². The summed E-state index contributed by atoms with van der Waals surface area (Å²) in [5.41, 5.74) is 1.72. The number of thiazole rings is 1. The smallest absolute Gasteiger partial charge is 0.122 e. The molecule has 1 N–H and O–H groups in total. The van der Waals surface area contributed by atoms with E-state index in [0.717, 1.165) is 17.8 Å². The van der Waals surface area contributed by atoms with Gasteiger partial charge in [-0.15, -0.1) is 11.3 Å². The second kappa shape index (κ2) is 5.16. The summed E-state index contributed by atoms with van der Waals surface area (Å²) in [7, 11) is 1.84. The van der Waals surface area contributed by atoms with Gasteiger partial charge in [0.1, 0.15) is 11.1 Å². The van der Waals surface area contributed by atoms with Gasteiger partial charge in [0.05, 0.1) is 16.4 Å². The lowest BCUT2D eigenvalue weighted by molar-refractivity contribution is 0.175. The number of hydrogen-bond donors (Lipinski definition) is 1. The molecule has 2 aromatic rings. The first-order chi connectivity index (χ1) is 8.13. The molecule has 0 saturated carbocycles. The van der Waals surface area contributed by atoms with Crippen molar-refractivity contribution in [2.75, 3.05) is 0 Å². The Labute approximate surface area is 109 Å². The van der Waals surface area contributed by atoms with Crippen molar-refractivity contribution in [2.24, 2.45) is 7.05 Å². The Kier molecular flexibility index (Phi) is 3.81. The number of aryl methyl sites for hydroxylation is 2. The quantitative estimate of drug-likeness (QED) is 0.929. The average molecular weight is 272 g/mol. The van der Waals surface area contributed by atoms with E-state index < -0.39 is 6.10 Å². The van der Waals surface area contributed by atoms with Crippen molar-refractivity contribution in [2.45, 2.75) is 25.9 Å². The van der Waals surface area contributed by atoms with Gasteiger partial charge in [0, 0.05) is 25.0 Å². The van der Waals surface area contributed by atoms with E-state index in [0.29, 0.717) is 16.5 Å². The van der Waals surface area contributed by atoms with Gasteiger partial charge < -0.3 is 5.11 Å². The molecule has 2 heterocycles. The first kappa shape index (κ1) is 12.5. The lowest BCUT2D eigenvalue weighted by atomic mass is 10.2. The van der Waals surface area contributed by atoms with Crippen LogP contribution in [0, 0.1) is 0 Å². The van der Waals surface area contributed by atoms with Crippen LogP contribution in [0.25, 0.3) is 0 Å². The van der Waals surface area contributed by atoms with E-state index >= 15 is 0 Å². The Hall–Kier alpha value is -0.910. The van der Waals surface area contributed by atoms with E-state index in [9.17, 15) is 5.11 Å². The van der Waals surface area contributed by atoms with Gasteiger partial charge in [-0.1, -0.05) is 18.5 Å². The molecule has 6 heteroatoms. The normalized spacial score (nSPS) is 12.9. The van der Waals surface area contributed by atoms with Crippen LogP contribution in [0.3, 0.4) is 0 Å². The minimum absolute atomic E-state index is 0.440. The summed E-state index contributed by atoms with van der Waals surface area (Å²) in [6.45, 7) is 2.01. The molecule has 0 saturated heterocycles. The fourth-order valence-electron chi connectivity index (χ4n) is 1.71. The SMILES string of the molecule is CCc1nn(C)c(CC(O)c2nccs2)c1Cl. The molecule has 1 atom stereocenters. The van der Waals surface area contributed by atoms with E-state index in [1.165, 1.54) is 11.3 Å². The molecule has 2 rings (SSSR count). The third kappa shape index (κ3) is 2.51. The summed E-state index contributed by atoms with van der Waals surface area (Å²) in [5.74, 6) is 0. The average Bonchev–Trinajstić information content (AvgIpc) is 2.92. The zero-order valence-corrected chi connectivity index (χ0v) is 11.3. The maximum Gasteiger partial charge on any atom is 0.122 e. The lowest BCUT2D eigenvalue weighted by Gasteiger charge is -2.08. The molecular formula is C11H14ClN3OS. The summed E-state index contributed by atoms with van der Waals surface area (Å²) >= 11 is 7.66. The standard InChI is InChI=1S/C11H14ClN3OS/c1-3-7-10(12)8(15(2)14-7)6-9(16)11-13-4-5-17-11/h4-5,9,16H,3,6H2,1-2H3. The van der Waals surface area contributed by atoms with Crippen molar-refractivity contribution in [1.29, 1.82) is 0 Å². The first-order valence-electron chi connectivity index (χ1n) is 5.41. The van der Waals surface area contributed by atoms with Crippen molar-refractivity contribution in [3.63, 3.8) is 0 Å². The van der Waals surface area contributed by atoms with Gasteiger partial charge in [0.2, 0.25) is 0 Å². The predicted octanol–water partition coefficient (Wildman–Crippen LogP) is 2.37. The van der Waals surface area contributed by atoms with Crippen LogP contribution in [0.2, 0.25) is 5.02 Å². The summed E-state index contributed by atoms with van der Waals surface area (Å²) < 4.78 is 1.73. The minimum Gasteiger partial charge on any atom is -0.386 e. The van der Waals surface area contributed by atoms with Crippen LogP contribution >= 0.6 is 22.9 Å². The van der Waals surface area contributed by atoms with Crippen LogP contribution in [-0.2, 0) is 19.9 Å². The van der Waals surface area contributed by atoms with Crippen LogP contribution in [0.4, 0.5) is 0 Å². The van der Waals surface area contributed by atoms with Crippen LogP contribution in [0.1, 0.15) is 29.4 Å². The first-order valence-corrected chi connectivity index (χ1v) is 6.67. The molecule has 0 aliphatic carbocycles. The zero-order valence-electron chi connectivity index (χ0n) is 9.72. The molecule has 2 aromatic heterocycles. The van der Waals surface area contributed by atoms with Gasteiger partial charge in [-0.25, -0.2) is 4.98 Å². The third-order valence-corrected chi connectivity index (χ3v) is 3.94. The number of rotatable bonds is 4. The predicted molar refractivity (Wildman–Crippen MR) is 68.4 cm³/mol. The number of nitrogens with zero attached hydrogens (tertiary/aromatic N) is 3. The molecule has 0 fully saturated rings. The second-order valence-corrected chi connectivity index (χ2v) is 5.08. The summed E-state index contributed by atoms with van der Waals surface area (Å²) in [6.07, 6.45) is 2.30. The van der Waals surface area contributed by atoms with Gasteiger partial charge in [-0.3, -0.25) is 4.68 Å². The van der Waals surface area contributed by atoms with Crippen molar-refractivity contribution in [3.8, 4) is 0 Å². The molecule has 17 heavy (non-hydrogen) atoms. The van der Waals surface area contributed by atoms with Crippen LogP contribution in [0.5, 0.6) is 0 Å². The fourth-order valence-corrected chi connectivity index (χ4v) is 2.71. The maximum absolute atomic E-state index is 10.0. The van der Waals surface area contributed by atoms with Crippen molar-refractivity contribution in [1.82, 2.24) is 14.8 Å². The maximum atomic E-state index is 10.0. The van der Waals surface area contributed by atoms with Crippen molar-refractivity contribution < 1.29 is 5.11 Å². The molecule has 0 aliphatic rings. The van der Waals surface area contributed by atoms with Gasteiger partial charge in [0.15, 0.2) is 0 Å². The Morgan fingerprint density at radius 2 is 2.35 bits per heavy atom. The molecule has 0 aliphatic heterocycles. The Morgan fingerprint density at radius 3 is 2.88 bits per heavy atom. The molecule has 0 bridgehead atoms. The fraction of sp³-hybridized carbons (Fsp3) is 0.455. The van der Waals surface area contributed by atoms with Crippen LogP contribution in [-0.4, -0.2) is 19.9 Å². The Morgan fingerprint density at radius 1 is 1.59 bits per heavy atom. The molecule has 0 aromatic carbocycles. The largest absolute Gasteiger partial charge is 0.386 e. The Bertz CT molecular complexity index is 495. The molecule has 92 valence electrons. The lowest BCUT2D eigenvalue weighted by Crippen LogP contribution is -2.06. The third-order valence-electron chi connectivity index (χ3n) is 2.63.